The van der Waals surface area contributed by atoms with E-state index in [2.05, 4.69) is 4.74 Å². The van der Waals surface area contributed by atoms with Crippen LogP contribution in [0.3, 0.4) is 0 Å². The summed E-state index contributed by atoms with van der Waals surface area (Å²) in [5.41, 5.74) is 0. The summed E-state index contributed by atoms with van der Waals surface area (Å²) >= 11 is 0. The van der Waals surface area contributed by atoms with Gasteiger partial charge in [0.15, 0.2) is 0 Å². The molecule has 0 spiro atoms. The predicted molar refractivity (Wildman–Crippen MR) is 27.1 cm³/mol. The van der Waals surface area contributed by atoms with Crippen LogP contribution >= 0.6 is 0 Å². The van der Waals surface area contributed by atoms with Gasteiger partial charge in [-0.1, -0.05) is 6.92 Å². The Morgan fingerprint density at radius 2 is 2.38 bits per heavy atom. The van der Waals surface area contributed by atoms with E-state index in [0.717, 1.165) is 0 Å². The lowest BCUT2D eigenvalue weighted by Gasteiger charge is -1.89. The van der Waals surface area contributed by atoms with Gasteiger partial charge in [0.1, 0.15) is 0 Å². The summed E-state index contributed by atoms with van der Waals surface area (Å²) in [6, 6.07) is 0. The highest BCUT2D eigenvalue weighted by Crippen LogP contribution is 1.87. The highest BCUT2D eigenvalue weighted by molar-refractivity contribution is 5.76. The average Bonchev–Trinajstić information content (AvgIpc) is 1.68. The van der Waals surface area contributed by atoms with E-state index in [1.807, 2.05) is 6.92 Å². The van der Waals surface area contributed by atoms with Crippen molar-refractivity contribution in [2.24, 2.45) is 0 Å². The van der Waals surface area contributed by atoms with Crippen LogP contribution in [0.25, 0.3) is 0 Å². The summed E-state index contributed by atoms with van der Waals surface area (Å²) in [4.78, 5) is 19.6. The fourth-order valence-electron chi connectivity index (χ4n) is 0.317. The quantitative estimate of drug-likeness (QED) is 0.306. The zero-order valence-electron chi connectivity index (χ0n) is 4.72. The van der Waals surface area contributed by atoms with E-state index in [1.165, 1.54) is 0 Å². The number of hydrogen-bond acceptors (Lipinski definition) is 3. The molecule has 0 aliphatic carbocycles. The van der Waals surface area contributed by atoms with Gasteiger partial charge in [0, 0.05) is 6.42 Å². The molecule has 46 valence electrons. The predicted octanol–water partition coefficient (Wildman–Crippen LogP) is 0.486. The van der Waals surface area contributed by atoms with Crippen LogP contribution in [0.15, 0.2) is 0 Å². The van der Waals surface area contributed by atoms with Crippen LogP contribution in [-0.4, -0.2) is 12.4 Å². The van der Waals surface area contributed by atoms with Gasteiger partial charge in [0.05, 0.1) is 0 Å². The maximum Gasteiger partial charge on any atom is 0.313 e. The third-order valence-electron chi connectivity index (χ3n) is 0.634. The number of ether oxygens (including phenoxy) is 1. The van der Waals surface area contributed by atoms with Crippen molar-refractivity contribution >= 4 is 12.4 Å². The Morgan fingerprint density at radius 1 is 1.75 bits per heavy atom. The van der Waals surface area contributed by atoms with Crippen molar-refractivity contribution in [3.8, 4) is 0 Å². The van der Waals surface area contributed by atoms with Gasteiger partial charge in [0.25, 0.3) is 0 Å². The normalized spacial score (nSPS) is 8.12. The maximum atomic E-state index is 10.2. The number of rotatable bonds is 3. The molecule has 0 aromatic heterocycles. The van der Waals surface area contributed by atoms with Gasteiger partial charge in [-0.2, -0.15) is 0 Å². The van der Waals surface area contributed by atoms with Crippen molar-refractivity contribution in [3.05, 3.63) is 0 Å². The Hall–Kier alpha value is -0.860. The largest absolute Gasteiger partial charge is 0.395 e. The van der Waals surface area contributed by atoms with Gasteiger partial charge in [0.2, 0.25) is 0 Å². The van der Waals surface area contributed by atoms with Crippen molar-refractivity contribution in [2.75, 3.05) is 0 Å². The first-order valence-corrected chi connectivity index (χ1v) is 2.44. The van der Waals surface area contributed by atoms with Crippen LogP contribution < -0.4 is 0 Å². The van der Waals surface area contributed by atoms with Gasteiger partial charge in [-0.15, -0.1) is 0 Å². The average molecular weight is 116 g/mol. The standard InChI is InChI=1S/C5H8O3/c1-2-3-5(7)8-4-6/h4H,2-3H2,1H3. The second-order valence-corrected chi connectivity index (χ2v) is 1.34. The lowest BCUT2D eigenvalue weighted by molar-refractivity contribution is -0.151. The Balaban J connectivity index is 3.18. The van der Waals surface area contributed by atoms with E-state index in [1.54, 1.807) is 0 Å². The zero-order valence-corrected chi connectivity index (χ0v) is 4.72. The fourth-order valence-corrected chi connectivity index (χ4v) is 0.317. The summed E-state index contributed by atoms with van der Waals surface area (Å²) < 4.78 is 3.96. The molecule has 0 heterocycles. The van der Waals surface area contributed by atoms with E-state index in [0.29, 0.717) is 12.8 Å². The van der Waals surface area contributed by atoms with Gasteiger partial charge >= 0.3 is 12.4 Å². The second-order valence-electron chi connectivity index (χ2n) is 1.34. The van der Waals surface area contributed by atoms with Crippen molar-refractivity contribution in [1.82, 2.24) is 0 Å². The second kappa shape index (κ2) is 4.30. The van der Waals surface area contributed by atoms with Crippen LogP contribution in [0.2, 0.25) is 0 Å². The Labute approximate surface area is 47.6 Å². The van der Waals surface area contributed by atoms with Gasteiger partial charge in [-0.05, 0) is 6.42 Å². The molecule has 0 amide bonds. The summed E-state index contributed by atoms with van der Waals surface area (Å²) in [6.07, 6.45) is 1.03. The number of hydrogen-bond donors (Lipinski definition) is 0. The molecule has 0 saturated heterocycles. The van der Waals surface area contributed by atoms with Gasteiger partial charge < -0.3 is 4.74 Å². The molecule has 0 aliphatic heterocycles. The van der Waals surface area contributed by atoms with E-state index in [9.17, 15) is 9.59 Å². The lowest BCUT2D eigenvalue weighted by Crippen LogP contribution is -2.00. The molecule has 0 aromatic carbocycles. The topological polar surface area (TPSA) is 43.4 Å². The molecule has 0 rings (SSSR count). The number of esters is 1. The van der Waals surface area contributed by atoms with Crippen molar-refractivity contribution in [2.45, 2.75) is 19.8 Å². The molecule has 0 unspecified atom stereocenters. The summed E-state index contributed by atoms with van der Waals surface area (Å²) in [5, 5.41) is 0. The maximum absolute atomic E-state index is 10.2. The fraction of sp³-hybridized carbons (Fsp3) is 0.600. The highest BCUT2D eigenvalue weighted by atomic mass is 16.6. The Bertz CT molecular complexity index is 87.7. The monoisotopic (exact) mass is 116 g/mol. The first-order valence-electron chi connectivity index (χ1n) is 2.44. The van der Waals surface area contributed by atoms with Crippen LogP contribution in [0.4, 0.5) is 0 Å². The van der Waals surface area contributed by atoms with E-state index < -0.39 is 5.97 Å². The van der Waals surface area contributed by atoms with Crippen LogP contribution in [0.1, 0.15) is 19.8 Å². The molecular weight excluding hydrogens is 108 g/mol. The molecule has 3 nitrogen and oxygen atoms in total. The number of carbonyl (C=O) groups is 2. The minimum atomic E-state index is -0.456. The molecule has 0 aromatic rings. The van der Waals surface area contributed by atoms with Crippen molar-refractivity contribution in [1.29, 1.82) is 0 Å². The smallest absolute Gasteiger partial charge is 0.313 e. The SMILES string of the molecule is CCCC(=O)OC=O. The van der Waals surface area contributed by atoms with E-state index in [-0.39, 0.29) is 6.47 Å². The first kappa shape index (κ1) is 7.14. The molecule has 0 radical (unpaired) electrons. The highest BCUT2D eigenvalue weighted by Gasteiger charge is 1.96. The molecule has 3 heteroatoms. The Morgan fingerprint density at radius 3 is 2.75 bits per heavy atom. The van der Waals surface area contributed by atoms with Crippen molar-refractivity contribution in [3.63, 3.8) is 0 Å². The molecule has 0 atom stereocenters. The lowest BCUT2D eigenvalue weighted by atomic mass is 10.3. The molecule has 8 heavy (non-hydrogen) atoms. The molecule has 0 fully saturated rings. The van der Waals surface area contributed by atoms with E-state index >= 15 is 0 Å². The third-order valence-corrected chi connectivity index (χ3v) is 0.634. The van der Waals surface area contributed by atoms with Gasteiger partial charge in [-0.3, -0.25) is 9.59 Å². The summed E-state index contributed by atoms with van der Waals surface area (Å²) in [7, 11) is 0. The third kappa shape index (κ3) is 3.33. The van der Waals surface area contributed by atoms with Crippen LogP contribution in [-0.2, 0) is 14.3 Å². The molecular formula is C5H8O3. The molecule has 0 bridgehead atoms. The summed E-state index contributed by atoms with van der Waals surface area (Å²) in [5.74, 6) is -0.456. The van der Waals surface area contributed by atoms with Crippen molar-refractivity contribution < 1.29 is 14.3 Å². The molecule has 0 N–H and O–H groups in total. The van der Waals surface area contributed by atoms with Gasteiger partial charge in [-0.25, -0.2) is 0 Å². The molecule has 0 aliphatic rings. The zero-order chi connectivity index (χ0) is 6.41. The number of carbonyl (C=O) groups excluding carboxylic acids is 2. The van der Waals surface area contributed by atoms with Crippen LogP contribution in [0.5, 0.6) is 0 Å². The van der Waals surface area contributed by atoms with Crippen LogP contribution in [0, 0.1) is 0 Å². The van der Waals surface area contributed by atoms with E-state index in [4.69, 9.17) is 0 Å². The minimum Gasteiger partial charge on any atom is -0.395 e. The minimum absolute atomic E-state index is 0.151. The summed E-state index contributed by atoms with van der Waals surface area (Å²) in [6.45, 7) is 1.99. The first-order chi connectivity index (χ1) is 3.81. The Kier molecular flexibility index (Phi) is 3.84. The molecule has 0 saturated carbocycles.